The summed E-state index contributed by atoms with van der Waals surface area (Å²) in [5.41, 5.74) is 5.10. The van der Waals surface area contributed by atoms with Gasteiger partial charge in [0.2, 0.25) is 0 Å². The number of phenols is 1. The van der Waals surface area contributed by atoms with Gasteiger partial charge >= 0.3 is 10.4 Å². The highest BCUT2D eigenvalue weighted by Gasteiger charge is 2.24. The molecule has 208 valence electrons. The van der Waals surface area contributed by atoms with Crippen LogP contribution in [0.25, 0.3) is 10.8 Å². The van der Waals surface area contributed by atoms with E-state index in [9.17, 15) is 18.6 Å². The molecule has 0 atom stereocenters. The van der Waals surface area contributed by atoms with E-state index in [-0.39, 0.29) is 11.5 Å². The number of benzene rings is 3. The molecular weight excluding hydrogens is 518 g/mol. The molecule has 2 N–H and O–H groups in total. The summed E-state index contributed by atoms with van der Waals surface area (Å²) in [6, 6.07) is 13.2. The minimum absolute atomic E-state index is 0.0760. The minimum atomic E-state index is -4.16. The van der Waals surface area contributed by atoms with Crippen LogP contribution in [0.15, 0.2) is 64.6 Å². The number of aliphatic imine (C=N–C) groups is 2. The molecule has 0 fully saturated rings. The number of aryl methyl sites for hydroxylation is 2. The fraction of sp³-hybridized carbons (Fsp3) is 0.310. The predicted octanol–water partition coefficient (Wildman–Crippen LogP) is 4.25. The Morgan fingerprint density at radius 3 is 2.18 bits per heavy atom. The normalized spacial score (nSPS) is 15.4. The maximum atomic E-state index is 13.6. The SMILES string of the molecule is COS(=O)(=O)O.Cc1ccc(N=C2C=CC(=NCCC[N+](C)(C)C)c3c2c(O)c2ccccc2c3[O-])c(C)c1. The van der Waals surface area contributed by atoms with Crippen LogP contribution in [-0.4, -0.2) is 75.3 Å². The van der Waals surface area contributed by atoms with Gasteiger partial charge in [0.1, 0.15) is 5.75 Å². The summed E-state index contributed by atoms with van der Waals surface area (Å²) in [7, 11) is 3.16. The van der Waals surface area contributed by atoms with Crippen LogP contribution in [0.3, 0.4) is 0 Å². The quantitative estimate of drug-likeness (QED) is 0.267. The molecule has 0 saturated heterocycles. The first-order valence-corrected chi connectivity index (χ1v) is 13.8. The fourth-order valence-electron chi connectivity index (χ4n) is 4.24. The molecule has 3 aromatic carbocycles. The number of allylic oxidation sites excluding steroid dienone is 2. The van der Waals surface area contributed by atoms with E-state index < -0.39 is 10.4 Å². The Hall–Kier alpha value is -3.57. The first-order chi connectivity index (χ1) is 18.2. The second-order valence-corrected chi connectivity index (χ2v) is 11.5. The van der Waals surface area contributed by atoms with Crippen LogP contribution in [0.2, 0.25) is 0 Å². The Labute approximate surface area is 230 Å². The van der Waals surface area contributed by atoms with Crippen molar-refractivity contribution in [2.75, 3.05) is 41.3 Å². The van der Waals surface area contributed by atoms with Crippen LogP contribution >= 0.6 is 0 Å². The van der Waals surface area contributed by atoms with Crippen molar-refractivity contribution in [3.63, 3.8) is 0 Å². The summed E-state index contributed by atoms with van der Waals surface area (Å²) in [6.45, 7) is 5.66. The lowest BCUT2D eigenvalue weighted by atomic mass is 9.88. The number of quaternary nitrogens is 1. The van der Waals surface area contributed by atoms with Gasteiger partial charge in [0, 0.05) is 23.9 Å². The average molecular weight is 554 g/mol. The molecule has 39 heavy (non-hydrogen) atoms. The van der Waals surface area contributed by atoms with E-state index in [1.54, 1.807) is 12.1 Å². The summed E-state index contributed by atoms with van der Waals surface area (Å²) in [5.74, 6) is -0.0476. The average Bonchev–Trinajstić information content (AvgIpc) is 2.86. The summed E-state index contributed by atoms with van der Waals surface area (Å²) < 4.78 is 30.6. The molecule has 9 nitrogen and oxygen atoms in total. The molecule has 0 aliphatic heterocycles. The van der Waals surface area contributed by atoms with Crippen molar-refractivity contribution < 1.29 is 31.8 Å². The standard InChI is InChI=1S/C28H31N3O2.CH4O4S/c1-18-11-12-22(19(2)17-18)30-24-14-13-23(29-15-8-16-31(3,4)5)25-26(24)28(33)21-10-7-6-9-20(21)27(25)32;1-5-6(2,3)4/h6-7,9-14,17H,8,15-16H2,1-5H3,(H-,29,30,32,33);1H3,(H,2,3,4). The van der Waals surface area contributed by atoms with Crippen LogP contribution in [-0.2, 0) is 14.6 Å². The Kier molecular flexibility index (Phi) is 9.29. The number of aromatic hydroxyl groups is 1. The van der Waals surface area contributed by atoms with Crippen LogP contribution < -0.4 is 5.11 Å². The Bertz CT molecular complexity index is 1570. The Morgan fingerprint density at radius 1 is 0.974 bits per heavy atom. The van der Waals surface area contributed by atoms with Crippen molar-refractivity contribution in [3.05, 3.63) is 76.9 Å². The van der Waals surface area contributed by atoms with Gasteiger partial charge in [-0.05, 0) is 43.0 Å². The molecule has 1 aliphatic rings. The molecule has 0 amide bonds. The molecule has 0 heterocycles. The highest BCUT2D eigenvalue weighted by atomic mass is 32.3. The van der Waals surface area contributed by atoms with Crippen molar-refractivity contribution in [1.82, 2.24) is 0 Å². The molecular formula is C29H35N3O6S. The van der Waals surface area contributed by atoms with Gasteiger partial charge in [-0.3, -0.25) is 13.7 Å². The maximum Gasteiger partial charge on any atom is 0.397 e. The molecule has 0 bridgehead atoms. The van der Waals surface area contributed by atoms with Crippen LogP contribution in [0.5, 0.6) is 11.5 Å². The topological polar surface area (TPSA) is 132 Å². The third-order valence-corrected chi connectivity index (χ3v) is 6.55. The van der Waals surface area contributed by atoms with Gasteiger partial charge in [0.15, 0.2) is 0 Å². The van der Waals surface area contributed by atoms with Crippen molar-refractivity contribution in [2.45, 2.75) is 20.3 Å². The molecule has 4 rings (SSSR count). The molecule has 0 aromatic heterocycles. The second-order valence-electron chi connectivity index (χ2n) is 10.3. The van der Waals surface area contributed by atoms with Gasteiger partial charge in [-0.25, -0.2) is 4.99 Å². The fourth-order valence-corrected chi connectivity index (χ4v) is 4.24. The van der Waals surface area contributed by atoms with E-state index in [1.165, 1.54) is 0 Å². The largest absolute Gasteiger partial charge is 0.872 e. The van der Waals surface area contributed by atoms with Crippen molar-refractivity contribution in [1.29, 1.82) is 0 Å². The molecule has 0 spiro atoms. The third-order valence-electron chi connectivity index (χ3n) is 6.13. The first-order valence-electron chi connectivity index (χ1n) is 12.4. The van der Waals surface area contributed by atoms with E-state index in [2.05, 4.69) is 31.4 Å². The van der Waals surface area contributed by atoms with Crippen molar-refractivity contribution >= 4 is 38.3 Å². The molecule has 10 heteroatoms. The number of hydrogen-bond acceptors (Lipinski definition) is 7. The highest BCUT2D eigenvalue weighted by molar-refractivity contribution is 7.80. The van der Waals surface area contributed by atoms with Crippen LogP contribution in [0, 0.1) is 13.8 Å². The maximum absolute atomic E-state index is 13.6. The Balaban J connectivity index is 0.000000631. The zero-order valence-electron chi connectivity index (χ0n) is 23.1. The first kappa shape index (κ1) is 30.0. The number of rotatable bonds is 6. The van der Waals surface area contributed by atoms with Gasteiger partial charge in [0.05, 0.1) is 57.5 Å². The third kappa shape index (κ3) is 7.73. The monoisotopic (exact) mass is 553 g/mol. The van der Waals surface area contributed by atoms with Crippen molar-refractivity contribution in [2.24, 2.45) is 9.98 Å². The van der Waals surface area contributed by atoms with E-state index in [4.69, 9.17) is 14.5 Å². The van der Waals surface area contributed by atoms with Gasteiger partial charge in [-0.2, -0.15) is 8.42 Å². The molecule has 0 unspecified atom stereocenters. The molecule has 0 saturated carbocycles. The number of nitrogens with zero attached hydrogens (tertiary/aromatic N) is 3. The predicted molar refractivity (Wildman–Crippen MR) is 154 cm³/mol. The smallest absolute Gasteiger partial charge is 0.397 e. The summed E-state index contributed by atoms with van der Waals surface area (Å²) in [6.07, 6.45) is 4.62. The second kappa shape index (κ2) is 12.1. The van der Waals surface area contributed by atoms with E-state index in [1.807, 2.05) is 50.3 Å². The lowest BCUT2D eigenvalue weighted by Gasteiger charge is -2.26. The summed E-state index contributed by atoms with van der Waals surface area (Å²) in [4.78, 5) is 9.61. The van der Waals surface area contributed by atoms with Crippen molar-refractivity contribution in [3.8, 4) is 11.5 Å². The molecule has 1 aliphatic carbocycles. The number of hydrogen-bond donors (Lipinski definition) is 2. The van der Waals surface area contributed by atoms with E-state index in [0.29, 0.717) is 39.9 Å². The lowest BCUT2D eigenvalue weighted by Crippen LogP contribution is -2.35. The lowest BCUT2D eigenvalue weighted by molar-refractivity contribution is -0.870. The molecule has 0 radical (unpaired) electrons. The number of fused-ring (bicyclic) bond motifs is 2. The Morgan fingerprint density at radius 2 is 1.59 bits per heavy atom. The zero-order valence-corrected chi connectivity index (χ0v) is 23.9. The van der Waals surface area contributed by atoms with E-state index >= 15 is 0 Å². The van der Waals surface area contributed by atoms with Crippen LogP contribution in [0.4, 0.5) is 5.69 Å². The summed E-state index contributed by atoms with van der Waals surface area (Å²) in [5, 5.41) is 25.9. The van der Waals surface area contributed by atoms with Crippen LogP contribution in [0.1, 0.15) is 28.7 Å². The van der Waals surface area contributed by atoms with E-state index in [0.717, 1.165) is 41.4 Å². The minimum Gasteiger partial charge on any atom is -0.872 e. The van der Waals surface area contributed by atoms with Gasteiger partial charge < -0.3 is 14.7 Å². The number of phenolic OH excluding ortho intramolecular Hbond substituents is 1. The van der Waals surface area contributed by atoms with Gasteiger partial charge in [-0.15, -0.1) is 0 Å². The molecule has 3 aromatic rings. The highest BCUT2D eigenvalue weighted by Crippen LogP contribution is 2.41. The zero-order chi connectivity index (χ0) is 29.0. The van der Waals surface area contributed by atoms with Gasteiger partial charge in [-0.1, -0.05) is 47.7 Å². The summed E-state index contributed by atoms with van der Waals surface area (Å²) >= 11 is 0. The van der Waals surface area contributed by atoms with Gasteiger partial charge in [0.25, 0.3) is 0 Å².